The fourth-order valence-corrected chi connectivity index (χ4v) is 0.758. The van der Waals surface area contributed by atoms with Gasteiger partial charge in [0, 0.05) is 0 Å². The van der Waals surface area contributed by atoms with E-state index in [4.69, 9.17) is 0 Å². The van der Waals surface area contributed by atoms with Gasteiger partial charge in [0.15, 0.2) is 0 Å². The number of hydrogen-bond donors (Lipinski definition) is 1. The number of carbonyl (C=O) groups excluding carboxylic acids is 1. The van der Waals surface area contributed by atoms with Gasteiger partial charge in [-0.05, 0) is 5.75 Å². The van der Waals surface area contributed by atoms with Crippen molar-refractivity contribution in [3.05, 3.63) is 0 Å². The van der Waals surface area contributed by atoms with Crippen LogP contribution >= 0.6 is 24.4 Å². The zero-order valence-corrected chi connectivity index (χ0v) is 5.68. The normalized spacial score (nSPS) is 7.14. The van der Waals surface area contributed by atoms with E-state index in [2.05, 4.69) is 12.6 Å². The molecule has 0 bridgehead atoms. The Balaban J connectivity index is 0. The van der Waals surface area contributed by atoms with Gasteiger partial charge in [0.1, 0.15) is 0 Å². The molecule has 0 saturated carbocycles. The second-order valence-electron chi connectivity index (χ2n) is 0.699. The van der Waals surface area contributed by atoms with Crippen molar-refractivity contribution in [2.45, 2.75) is 6.92 Å². The van der Waals surface area contributed by atoms with E-state index in [1.54, 1.807) is 0 Å². The van der Waals surface area contributed by atoms with Crippen LogP contribution in [-0.2, 0) is 0 Å². The third-order valence-electron chi connectivity index (χ3n) is 0.268. The zero-order valence-electron chi connectivity index (χ0n) is 3.97. The zero-order chi connectivity index (χ0) is 4.99. The molecule has 0 aliphatic rings. The molecule has 4 heteroatoms. The Morgan fingerprint density at radius 3 is 2.29 bits per heavy atom. The Hall–Kier alpha value is 0.330. The van der Waals surface area contributed by atoms with Crippen molar-refractivity contribution in [3.63, 3.8) is 0 Å². The van der Waals surface area contributed by atoms with E-state index in [1.807, 2.05) is 6.92 Å². The van der Waals surface area contributed by atoms with Crippen molar-refractivity contribution in [2.75, 3.05) is 5.75 Å². The molecule has 0 aliphatic carbocycles. The lowest BCUT2D eigenvalue weighted by atomic mass is 11.0. The first-order chi connectivity index (χ1) is 2.77. The molecule has 0 atom stereocenters. The van der Waals surface area contributed by atoms with Crippen LogP contribution in [0, 0.1) is 0 Å². The SMILES string of the molecule is CCSC(=O)S.O. The summed E-state index contributed by atoms with van der Waals surface area (Å²) >= 11 is 4.71. The van der Waals surface area contributed by atoms with Gasteiger partial charge in [0.2, 0.25) is 4.45 Å². The molecule has 0 heterocycles. The summed E-state index contributed by atoms with van der Waals surface area (Å²) in [7, 11) is 0. The minimum absolute atomic E-state index is 0. The summed E-state index contributed by atoms with van der Waals surface area (Å²) in [6.07, 6.45) is 0. The van der Waals surface area contributed by atoms with Crippen molar-refractivity contribution in [1.82, 2.24) is 0 Å². The highest BCUT2D eigenvalue weighted by atomic mass is 32.2. The minimum Gasteiger partial charge on any atom is -0.412 e. The summed E-state index contributed by atoms with van der Waals surface area (Å²) in [6, 6.07) is 0. The summed E-state index contributed by atoms with van der Waals surface area (Å²) in [5.74, 6) is 0.822. The van der Waals surface area contributed by atoms with Gasteiger partial charge in [-0.25, -0.2) is 0 Å². The maximum Gasteiger partial charge on any atom is 0.242 e. The molecule has 2 N–H and O–H groups in total. The first kappa shape index (κ1) is 10.3. The number of thiol groups is 1. The maximum absolute atomic E-state index is 9.87. The summed E-state index contributed by atoms with van der Waals surface area (Å²) < 4.78 is -0.0995. The molecule has 0 aromatic carbocycles. The largest absolute Gasteiger partial charge is 0.412 e. The van der Waals surface area contributed by atoms with E-state index in [1.165, 1.54) is 11.8 Å². The Labute approximate surface area is 52.4 Å². The van der Waals surface area contributed by atoms with Crippen molar-refractivity contribution in [1.29, 1.82) is 0 Å². The molecule has 0 radical (unpaired) electrons. The summed E-state index contributed by atoms with van der Waals surface area (Å²) in [6.45, 7) is 1.92. The molecule has 0 rings (SSSR count). The molecule has 0 amide bonds. The first-order valence-electron chi connectivity index (χ1n) is 1.63. The smallest absolute Gasteiger partial charge is 0.242 e. The van der Waals surface area contributed by atoms with Gasteiger partial charge in [-0.3, -0.25) is 4.79 Å². The van der Waals surface area contributed by atoms with Crippen LogP contribution < -0.4 is 0 Å². The van der Waals surface area contributed by atoms with Crippen LogP contribution in [0.25, 0.3) is 0 Å². The molecule has 2 nitrogen and oxygen atoms in total. The standard InChI is InChI=1S/C3H6OS2.H2O/c1-2-6-3(4)5;/h2H2,1H3,(H,4,5);1H2. The Morgan fingerprint density at radius 1 is 1.86 bits per heavy atom. The van der Waals surface area contributed by atoms with Crippen LogP contribution in [0.4, 0.5) is 4.79 Å². The van der Waals surface area contributed by atoms with Crippen molar-refractivity contribution in [3.8, 4) is 0 Å². The summed E-state index contributed by atoms with van der Waals surface area (Å²) in [4.78, 5) is 9.87. The molecule has 0 spiro atoms. The van der Waals surface area contributed by atoms with E-state index in [0.29, 0.717) is 0 Å². The molecular weight excluding hydrogens is 132 g/mol. The van der Waals surface area contributed by atoms with Crippen molar-refractivity contribution >= 4 is 28.8 Å². The predicted octanol–water partition coefficient (Wildman–Crippen LogP) is 0.965. The van der Waals surface area contributed by atoms with E-state index in [0.717, 1.165) is 5.75 Å². The lowest BCUT2D eigenvalue weighted by Gasteiger charge is -1.79. The molecule has 0 aromatic rings. The van der Waals surface area contributed by atoms with Crippen LogP contribution in [-0.4, -0.2) is 15.7 Å². The fourth-order valence-electron chi connectivity index (χ4n) is 0.123. The van der Waals surface area contributed by atoms with Gasteiger partial charge < -0.3 is 5.48 Å². The van der Waals surface area contributed by atoms with Crippen molar-refractivity contribution in [2.24, 2.45) is 0 Å². The lowest BCUT2D eigenvalue weighted by molar-refractivity contribution is 0.277. The Morgan fingerprint density at radius 2 is 2.29 bits per heavy atom. The van der Waals surface area contributed by atoms with Gasteiger partial charge in [-0.15, -0.1) is 0 Å². The van der Waals surface area contributed by atoms with Gasteiger partial charge >= 0.3 is 0 Å². The quantitative estimate of drug-likeness (QED) is 0.551. The lowest BCUT2D eigenvalue weighted by Crippen LogP contribution is -1.70. The monoisotopic (exact) mass is 140 g/mol. The first-order valence-corrected chi connectivity index (χ1v) is 3.06. The van der Waals surface area contributed by atoms with Gasteiger partial charge in [-0.1, -0.05) is 31.3 Å². The second-order valence-corrected chi connectivity index (χ2v) is 2.64. The Kier molecular flexibility index (Phi) is 9.35. The highest BCUT2D eigenvalue weighted by molar-refractivity contribution is 8.32. The molecule has 44 valence electrons. The second kappa shape index (κ2) is 6.33. The van der Waals surface area contributed by atoms with E-state index in [-0.39, 0.29) is 9.92 Å². The van der Waals surface area contributed by atoms with Gasteiger partial charge in [-0.2, -0.15) is 0 Å². The van der Waals surface area contributed by atoms with Crippen LogP contribution in [0.15, 0.2) is 0 Å². The maximum atomic E-state index is 9.87. The molecule has 0 unspecified atom stereocenters. The molecule has 0 fully saturated rings. The highest BCUT2D eigenvalue weighted by Gasteiger charge is 1.85. The average molecular weight is 140 g/mol. The van der Waals surface area contributed by atoms with E-state index in [9.17, 15) is 4.79 Å². The van der Waals surface area contributed by atoms with Crippen LogP contribution in [0.2, 0.25) is 0 Å². The van der Waals surface area contributed by atoms with Crippen LogP contribution in [0.3, 0.4) is 0 Å². The third-order valence-corrected chi connectivity index (χ3v) is 1.19. The fraction of sp³-hybridized carbons (Fsp3) is 0.667. The Bertz CT molecular complexity index is 54.9. The number of thioether (sulfide) groups is 1. The summed E-state index contributed by atoms with van der Waals surface area (Å²) in [5, 5.41) is 0. The molecule has 0 aromatic heterocycles. The van der Waals surface area contributed by atoms with Crippen LogP contribution in [0.5, 0.6) is 0 Å². The minimum atomic E-state index is -0.0995. The predicted molar refractivity (Wildman–Crippen MR) is 36.1 cm³/mol. The number of hydrogen-bond acceptors (Lipinski definition) is 2. The van der Waals surface area contributed by atoms with Crippen molar-refractivity contribution < 1.29 is 10.3 Å². The van der Waals surface area contributed by atoms with E-state index >= 15 is 0 Å². The molecule has 0 saturated heterocycles. The number of rotatable bonds is 1. The van der Waals surface area contributed by atoms with E-state index < -0.39 is 0 Å². The highest BCUT2D eigenvalue weighted by Crippen LogP contribution is 2.03. The van der Waals surface area contributed by atoms with Gasteiger partial charge in [0.05, 0.1) is 0 Å². The average Bonchev–Trinajstić information content (AvgIpc) is 1.35. The van der Waals surface area contributed by atoms with Gasteiger partial charge in [0.25, 0.3) is 0 Å². The van der Waals surface area contributed by atoms with Crippen LogP contribution in [0.1, 0.15) is 6.92 Å². The third kappa shape index (κ3) is 10.7. The number of carbonyl (C=O) groups is 1. The summed E-state index contributed by atoms with van der Waals surface area (Å²) in [5.41, 5.74) is 0. The molecular formula is C3H8O2S2. The molecule has 0 aliphatic heterocycles. The molecule has 7 heavy (non-hydrogen) atoms. The topological polar surface area (TPSA) is 48.6 Å².